The lowest BCUT2D eigenvalue weighted by Gasteiger charge is -2.25. The first-order chi connectivity index (χ1) is 11.7. The number of nitriles is 1. The van der Waals surface area contributed by atoms with Gasteiger partial charge in [0.15, 0.2) is 0 Å². The number of nitrogens with one attached hydrogen (secondary N) is 1. The summed E-state index contributed by atoms with van der Waals surface area (Å²) in [4.78, 5) is 13.6. The van der Waals surface area contributed by atoms with Gasteiger partial charge in [-0.2, -0.15) is 5.26 Å². The summed E-state index contributed by atoms with van der Waals surface area (Å²) >= 11 is 1.67. The summed E-state index contributed by atoms with van der Waals surface area (Å²) < 4.78 is 0. The van der Waals surface area contributed by atoms with Gasteiger partial charge in [0.2, 0.25) is 5.91 Å². The van der Waals surface area contributed by atoms with Crippen molar-refractivity contribution >= 4 is 23.3 Å². The molecule has 3 nitrogen and oxygen atoms in total. The Hall–Kier alpha value is -2.38. The number of hydrogen-bond acceptors (Lipinski definition) is 3. The summed E-state index contributed by atoms with van der Waals surface area (Å²) in [5.74, 6) is 0.278. The summed E-state index contributed by atoms with van der Waals surface area (Å²) in [6, 6.07) is 13.5. The first-order valence-corrected chi connectivity index (χ1v) is 9.08. The minimum absolute atomic E-state index is 0.0309. The molecule has 0 aliphatic carbocycles. The normalized spacial score (nSPS) is 12.2. The van der Waals surface area contributed by atoms with Crippen LogP contribution in [0.3, 0.4) is 0 Å². The summed E-state index contributed by atoms with van der Waals surface area (Å²) in [7, 11) is 0. The third kappa shape index (κ3) is 4.56. The van der Waals surface area contributed by atoms with E-state index < -0.39 is 0 Å². The summed E-state index contributed by atoms with van der Waals surface area (Å²) in [5.41, 5.74) is 1.32. The Morgan fingerprint density at radius 3 is 2.62 bits per heavy atom. The smallest absolute Gasteiger partial charge is 0.244 e. The van der Waals surface area contributed by atoms with Crippen LogP contribution in [0.25, 0.3) is 6.08 Å². The number of hydrogen-bond donors (Lipinski definition) is 1. The fraction of sp³-hybridized carbons (Fsp3) is 0.300. The predicted molar refractivity (Wildman–Crippen MR) is 99.5 cm³/mol. The van der Waals surface area contributed by atoms with Gasteiger partial charge in [-0.05, 0) is 35.1 Å². The van der Waals surface area contributed by atoms with Crippen molar-refractivity contribution in [2.45, 2.75) is 32.7 Å². The van der Waals surface area contributed by atoms with E-state index >= 15 is 0 Å². The number of amides is 1. The molecule has 0 fully saturated rings. The lowest BCUT2D eigenvalue weighted by atomic mass is 9.93. The van der Waals surface area contributed by atoms with Gasteiger partial charge in [-0.1, -0.05) is 51.0 Å². The number of carbonyl (C=O) groups is 1. The topological polar surface area (TPSA) is 52.9 Å². The highest BCUT2D eigenvalue weighted by atomic mass is 32.1. The third-order valence-corrected chi connectivity index (χ3v) is 5.12. The van der Waals surface area contributed by atoms with E-state index in [4.69, 9.17) is 5.26 Å². The lowest BCUT2D eigenvalue weighted by molar-refractivity contribution is -0.117. The highest BCUT2D eigenvalue weighted by Crippen LogP contribution is 2.30. The molecule has 0 aliphatic rings. The fourth-order valence-corrected chi connectivity index (χ4v) is 3.63. The van der Waals surface area contributed by atoms with Crippen LogP contribution >= 0.6 is 11.3 Å². The van der Waals surface area contributed by atoms with Crippen molar-refractivity contribution in [1.29, 1.82) is 5.26 Å². The second-order valence-electron chi connectivity index (χ2n) is 5.61. The molecule has 0 spiro atoms. The highest BCUT2D eigenvalue weighted by Gasteiger charge is 2.22. The zero-order valence-corrected chi connectivity index (χ0v) is 14.8. The molecule has 124 valence electrons. The molecule has 0 saturated carbocycles. The van der Waals surface area contributed by atoms with E-state index in [1.807, 2.05) is 29.6 Å². The Morgan fingerprint density at radius 2 is 2.00 bits per heavy atom. The Kier molecular flexibility index (Phi) is 6.77. The van der Waals surface area contributed by atoms with Gasteiger partial charge in [0.25, 0.3) is 0 Å². The van der Waals surface area contributed by atoms with E-state index in [0.717, 1.165) is 18.4 Å². The molecule has 1 aromatic carbocycles. The van der Waals surface area contributed by atoms with Gasteiger partial charge in [0.1, 0.15) is 0 Å². The van der Waals surface area contributed by atoms with Gasteiger partial charge < -0.3 is 5.32 Å². The summed E-state index contributed by atoms with van der Waals surface area (Å²) in [6.07, 6.45) is 5.24. The lowest BCUT2D eigenvalue weighted by Crippen LogP contribution is -2.31. The van der Waals surface area contributed by atoms with E-state index in [0.29, 0.717) is 11.5 Å². The van der Waals surface area contributed by atoms with Crippen LogP contribution in [0.1, 0.15) is 48.7 Å². The first kappa shape index (κ1) is 18.0. The summed E-state index contributed by atoms with van der Waals surface area (Å²) in [5, 5.41) is 14.3. The van der Waals surface area contributed by atoms with Gasteiger partial charge >= 0.3 is 0 Å². The monoisotopic (exact) mass is 338 g/mol. The molecule has 1 N–H and O–H groups in total. The summed E-state index contributed by atoms with van der Waals surface area (Å²) in [6.45, 7) is 4.31. The second-order valence-corrected chi connectivity index (χ2v) is 6.59. The minimum atomic E-state index is -0.131. The Bertz CT molecular complexity index is 724. The molecule has 2 aromatic rings. The molecule has 24 heavy (non-hydrogen) atoms. The molecular formula is C20H22N2OS. The van der Waals surface area contributed by atoms with Crippen LogP contribution in [0.5, 0.6) is 0 Å². The van der Waals surface area contributed by atoms with Gasteiger partial charge in [-0.15, -0.1) is 11.3 Å². The van der Waals surface area contributed by atoms with Crippen LogP contribution in [0.15, 0.2) is 47.9 Å². The van der Waals surface area contributed by atoms with Crippen LogP contribution < -0.4 is 5.32 Å². The van der Waals surface area contributed by atoms with Gasteiger partial charge in [0, 0.05) is 11.0 Å². The van der Waals surface area contributed by atoms with E-state index in [9.17, 15) is 4.79 Å². The zero-order valence-electron chi connectivity index (χ0n) is 14.0. The molecule has 4 heteroatoms. The van der Waals surface area contributed by atoms with Crippen molar-refractivity contribution in [3.05, 3.63) is 63.9 Å². The average Bonchev–Trinajstić information content (AvgIpc) is 3.14. The van der Waals surface area contributed by atoms with Crippen LogP contribution in [0.2, 0.25) is 0 Å². The fourth-order valence-electron chi connectivity index (χ4n) is 2.76. The number of nitrogens with zero attached hydrogens (tertiary/aromatic N) is 1. The molecule has 1 unspecified atom stereocenters. The van der Waals surface area contributed by atoms with Gasteiger partial charge in [-0.3, -0.25) is 4.79 Å². The standard InChI is InChI=1S/C20H22N2OS/c1-3-15(4-2)20(18-10-7-13-24-18)22-19(23)12-11-16-8-5-6-9-17(16)14-21/h5-13,15,20H,3-4H2,1-2H3,(H,22,23)/b12-11+. The minimum Gasteiger partial charge on any atom is -0.345 e. The van der Waals surface area contributed by atoms with Crippen LogP contribution in [-0.2, 0) is 4.79 Å². The van der Waals surface area contributed by atoms with Crippen LogP contribution in [0, 0.1) is 17.2 Å². The number of benzene rings is 1. The van der Waals surface area contributed by atoms with Crippen LogP contribution in [0.4, 0.5) is 0 Å². The molecule has 1 atom stereocenters. The maximum Gasteiger partial charge on any atom is 0.244 e. The SMILES string of the molecule is CCC(CC)C(NC(=O)/C=C/c1ccccc1C#N)c1cccs1. The van der Waals surface area contributed by atoms with E-state index in [-0.39, 0.29) is 11.9 Å². The molecule has 0 radical (unpaired) electrons. The zero-order chi connectivity index (χ0) is 17.4. The average molecular weight is 338 g/mol. The molecule has 1 amide bonds. The number of thiophene rings is 1. The molecule has 0 bridgehead atoms. The van der Waals surface area contributed by atoms with Crippen molar-refractivity contribution < 1.29 is 4.79 Å². The molecule has 1 heterocycles. The maximum atomic E-state index is 12.4. The Labute approximate surface area is 147 Å². The molecular weight excluding hydrogens is 316 g/mol. The Morgan fingerprint density at radius 1 is 1.25 bits per heavy atom. The highest BCUT2D eigenvalue weighted by molar-refractivity contribution is 7.10. The van der Waals surface area contributed by atoms with E-state index in [1.165, 1.54) is 11.0 Å². The van der Waals surface area contributed by atoms with E-state index in [1.54, 1.807) is 23.5 Å². The third-order valence-electron chi connectivity index (χ3n) is 4.16. The molecule has 2 rings (SSSR count). The Balaban J connectivity index is 2.13. The second kappa shape index (κ2) is 9.05. The number of carbonyl (C=O) groups excluding carboxylic acids is 1. The largest absolute Gasteiger partial charge is 0.345 e. The molecule has 0 saturated heterocycles. The van der Waals surface area contributed by atoms with Crippen molar-refractivity contribution in [3.8, 4) is 6.07 Å². The maximum absolute atomic E-state index is 12.4. The molecule has 1 aromatic heterocycles. The quantitative estimate of drug-likeness (QED) is 0.728. The van der Waals surface area contributed by atoms with Crippen LogP contribution in [-0.4, -0.2) is 5.91 Å². The van der Waals surface area contributed by atoms with Gasteiger partial charge in [-0.25, -0.2) is 0 Å². The predicted octanol–water partition coefficient (Wildman–Crippen LogP) is 4.93. The van der Waals surface area contributed by atoms with Crippen molar-refractivity contribution in [2.24, 2.45) is 5.92 Å². The van der Waals surface area contributed by atoms with Crippen molar-refractivity contribution in [3.63, 3.8) is 0 Å². The number of rotatable bonds is 7. The molecule has 0 aliphatic heterocycles. The van der Waals surface area contributed by atoms with Crippen molar-refractivity contribution in [1.82, 2.24) is 5.32 Å². The van der Waals surface area contributed by atoms with E-state index in [2.05, 4.69) is 31.3 Å². The first-order valence-electron chi connectivity index (χ1n) is 8.20. The van der Waals surface area contributed by atoms with Gasteiger partial charge in [0.05, 0.1) is 17.7 Å². The van der Waals surface area contributed by atoms with Crippen molar-refractivity contribution in [2.75, 3.05) is 0 Å².